The molecule has 1 N–H and O–H groups in total. The van der Waals surface area contributed by atoms with Crippen LogP contribution < -0.4 is 5.32 Å². The summed E-state index contributed by atoms with van der Waals surface area (Å²) in [5.74, 6) is 0.474. The Balaban J connectivity index is 0.00000240. The molecule has 0 aliphatic carbocycles. The highest BCUT2D eigenvalue weighted by Gasteiger charge is 2.36. The van der Waals surface area contributed by atoms with Crippen molar-refractivity contribution in [2.75, 3.05) is 6.54 Å². The Morgan fingerprint density at radius 2 is 1.83 bits per heavy atom. The molecule has 0 saturated carbocycles. The molecular formula is C26H35NO2. The van der Waals surface area contributed by atoms with E-state index in [-0.39, 0.29) is 20.8 Å². The van der Waals surface area contributed by atoms with Crippen LogP contribution in [0, 0.1) is 18.8 Å². The Morgan fingerprint density at radius 3 is 2.45 bits per heavy atom. The first kappa shape index (κ1) is 20.9. The van der Waals surface area contributed by atoms with E-state index in [1.807, 2.05) is 24.5 Å². The Bertz CT molecular complexity index is 889. The lowest BCUT2D eigenvalue weighted by atomic mass is 9.80. The molecule has 0 radical (unpaired) electrons. The fourth-order valence-electron chi connectivity index (χ4n) is 3.77. The first-order chi connectivity index (χ1) is 14.0. The number of carbonyl (C=O) groups is 1. The van der Waals surface area contributed by atoms with Gasteiger partial charge in [0.25, 0.3) is 0 Å². The van der Waals surface area contributed by atoms with Crippen molar-refractivity contribution in [3.63, 3.8) is 0 Å². The van der Waals surface area contributed by atoms with Crippen LogP contribution in [-0.4, -0.2) is 18.6 Å². The number of hydrogen-bond donors (Lipinski definition) is 1. The Morgan fingerprint density at radius 1 is 1.14 bits per heavy atom. The number of allylic oxidation sites excluding steroid dienone is 1. The van der Waals surface area contributed by atoms with E-state index >= 15 is 0 Å². The van der Waals surface area contributed by atoms with Crippen molar-refractivity contribution in [2.24, 2.45) is 11.8 Å². The summed E-state index contributed by atoms with van der Waals surface area (Å²) in [5.41, 5.74) is 5.85. The molecular weight excluding hydrogens is 358 g/mol. The normalized spacial score (nSPS) is 19.1. The van der Waals surface area contributed by atoms with E-state index < -0.39 is 0 Å². The number of rotatable bonds is 7. The second-order valence-electron chi connectivity index (χ2n) is 8.10. The molecule has 1 aliphatic heterocycles. The van der Waals surface area contributed by atoms with Crippen molar-refractivity contribution in [3.8, 4) is 0 Å². The van der Waals surface area contributed by atoms with E-state index in [0.717, 1.165) is 16.7 Å². The monoisotopic (exact) mass is 393 g/mol. The lowest BCUT2D eigenvalue weighted by molar-refractivity contribution is -0.123. The van der Waals surface area contributed by atoms with Crippen molar-refractivity contribution in [2.45, 2.75) is 40.2 Å². The van der Waals surface area contributed by atoms with Gasteiger partial charge >= 0.3 is 0 Å². The highest BCUT2D eigenvalue weighted by molar-refractivity contribution is 5.86. The number of benzene rings is 2. The number of aryl methyl sites for hydroxylation is 1. The maximum absolute atomic E-state index is 12.6. The van der Waals surface area contributed by atoms with Gasteiger partial charge in [-0.1, -0.05) is 80.1 Å². The zero-order valence-electron chi connectivity index (χ0n) is 17.8. The van der Waals surface area contributed by atoms with Gasteiger partial charge in [-0.25, -0.2) is 0 Å². The zero-order valence-corrected chi connectivity index (χ0v) is 17.8. The van der Waals surface area contributed by atoms with Gasteiger partial charge in [0.2, 0.25) is 5.91 Å². The first-order valence-corrected chi connectivity index (χ1v) is 10.4. The number of amides is 1. The van der Waals surface area contributed by atoms with E-state index in [1.54, 1.807) is 0 Å². The van der Waals surface area contributed by atoms with Crippen LogP contribution in [0.4, 0.5) is 0 Å². The molecule has 2 unspecified atom stereocenters. The van der Waals surface area contributed by atoms with E-state index in [1.165, 1.54) is 11.1 Å². The molecule has 156 valence electrons. The van der Waals surface area contributed by atoms with Crippen molar-refractivity contribution in [1.29, 1.82) is 0 Å². The topological polar surface area (TPSA) is 38.3 Å². The van der Waals surface area contributed by atoms with Crippen molar-refractivity contribution >= 4 is 17.1 Å². The van der Waals surface area contributed by atoms with Gasteiger partial charge in [0.15, 0.2) is 0 Å². The summed E-state index contributed by atoms with van der Waals surface area (Å²) in [7, 11) is 0. The van der Waals surface area contributed by atoms with Crippen LogP contribution >= 0.6 is 0 Å². The van der Waals surface area contributed by atoms with Gasteiger partial charge in [-0.05, 0) is 36.5 Å². The van der Waals surface area contributed by atoms with Gasteiger partial charge in [-0.3, -0.25) is 4.79 Å². The Kier molecular flexibility index (Phi) is 6.92. The molecule has 3 heteroatoms. The van der Waals surface area contributed by atoms with Crippen molar-refractivity contribution in [3.05, 3.63) is 83.6 Å². The molecule has 3 nitrogen and oxygen atoms in total. The minimum absolute atomic E-state index is 0. The van der Waals surface area contributed by atoms with Crippen LogP contribution in [0.25, 0.3) is 11.1 Å². The average Bonchev–Trinajstić information content (AvgIpc) is 3.12. The summed E-state index contributed by atoms with van der Waals surface area (Å²) in [4.78, 5) is 12.6. The molecule has 29 heavy (non-hydrogen) atoms. The van der Waals surface area contributed by atoms with Gasteiger partial charge in [-0.15, -0.1) is 0 Å². The molecule has 0 spiro atoms. The molecule has 1 aliphatic rings. The number of ether oxygens (including phenoxy) is 1. The lowest BCUT2D eigenvalue weighted by Crippen LogP contribution is -2.33. The van der Waals surface area contributed by atoms with E-state index in [9.17, 15) is 4.79 Å². The standard InChI is InChI=1S/C26H31NO2.2H2/c1-5-22(20-9-7-6-8-10-20)26-23(21-13-11-19(4)12-14-21)17-29-24(26)15-25(28)27-16-18(2)3;;/h5-14,17-18,24,26H,15-16H2,1-4H3,(H,27,28);2*1H/b22-5+;;. The molecule has 0 aromatic heterocycles. The van der Waals surface area contributed by atoms with E-state index in [2.05, 4.69) is 75.5 Å². The van der Waals surface area contributed by atoms with Crippen LogP contribution in [-0.2, 0) is 9.53 Å². The first-order valence-electron chi connectivity index (χ1n) is 10.4. The molecule has 2 aromatic carbocycles. The van der Waals surface area contributed by atoms with Crippen molar-refractivity contribution < 1.29 is 12.4 Å². The van der Waals surface area contributed by atoms with Crippen LogP contribution in [0.15, 0.2) is 66.9 Å². The lowest BCUT2D eigenvalue weighted by Gasteiger charge is -2.25. The molecule has 0 saturated heterocycles. The Labute approximate surface area is 177 Å². The summed E-state index contributed by atoms with van der Waals surface area (Å²) in [6.45, 7) is 9.02. The summed E-state index contributed by atoms with van der Waals surface area (Å²) < 4.78 is 6.08. The molecule has 1 heterocycles. The number of carbonyl (C=O) groups excluding carboxylic acids is 1. The summed E-state index contributed by atoms with van der Waals surface area (Å²) >= 11 is 0. The van der Waals surface area contributed by atoms with Crippen LogP contribution in [0.3, 0.4) is 0 Å². The predicted molar refractivity (Wildman–Crippen MR) is 124 cm³/mol. The third-order valence-electron chi connectivity index (χ3n) is 5.31. The largest absolute Gasteiger partial charge is 0.496 e. The molecule has 3 rings (SSSR count). The fourth-order valence-corrected chi connectivity index (χ4v) is 3.77. The number of nitrogens with one attached hydrogen (secondary N) is 1. The third kappa shape index (κ3) is 5.17. The smallest absolute Gasteiger partial charge is 0.223 e. The second-order valence-corrected chi connectivity index (χ2v) is 8.10. The van der Waals surface area contributed by atoms with E-state index in [0.29, 0.717) is 18.9 Å². The van der Waals surface area contributed by atoms with Gasteiger partial charge in [-0.2, -0.15) is 0 Å². The zero-order chi connectivity index (χ0) is 20.8. The minimum Gasteiger partial charge on any atom is -0.496 e. The molecule has 0 bridgehead atoms. The molecule has 0 fully saturated rings. The third-order valence-corrected chi connectivity index (χ3v) is 5.31. The average molecular weight is 394 g/mol. The minimum atomic E-state index is -0.218. The van der Waals surface area contributed by atoms with E-state index in [4.69, 9.17) is 4.74 Å². The maximum atomic E-state index is 12.6. The summed E-state index contributed by atoms with van der Waals surface area (Å²) in [5, 5.41) is 3.03. The van der Waals surface area contributed by atoms with Gasteiger partial charge in [0.1, 0.15) is 6.10 Å². The number of hydrogen-bond acceptors (Lipinski definition) is 2. The fraction of sp³-hybridized carbons (Fsp3) is 0.346. The SMILES string of the molecule is C/C=C(\c1ccccc1)C1C(c2ccc(C)cc2)=COC1CC(=O)NCC(C)C.[HH].[HH]. The van der Waals surface area contributed by atoms with Crippen LogP contribution in [0.2, 0.25) is 0 Å². The van der Waals surface area contributed by atoms with Gasteiger partial charge in [0, 0.05) is 15.0 Å². The van der Waals surface area contributed by atoms with Crippen LogP contribution in [0.5, 0.6) is 0 Å². The molecule has 1 amide bonds. The molecule has 2 atom stereocenters. The summed E-state index contributed by atoms with van der Waals surface area (Å²) in [6, 6.07) is 18.9. The van der Waals surface area contributed by atoms with Crippen LogP contribution in [0.1, 0.15) is 46.7 Å². The Hall–Kier alpha value is -2.81. The quantitative estimate of drug-likeness (QED) is 0.616. The maximum Gasteiger partial charge on any atom is 0.223 e. The second kappa shape index (κ2) is 9.60. The summed E-state index contributed by atoms with van der Waals surface area (Å²) in [6.07, 6.45) is 4.12. The predicted octanol–water partition coefficient (Wildman–Crippen LogP) is 6.11. The molecule has 2 aromatic rings. The highest BCUT2D eigenvalue weighted by Crippen LogP contribution is 2.43. The highest BCUT2D eigenvalue weighted by atomic mass is 16.5. The van der Waals surface area contributed by atoms with Gasteiger partial charge in [0.05, 0.1) is 18.6 Å². The van der Waals surface area contributed by atoms with Crippen molar-refractivity contribution in [1.82, 2.24) is 5.32 Å². The van der Waals surface area contributed by atoms with Gasteiger partial charge < -0.3 is 10.1 Å².